The molecule has 0 amide bonds. The van der Waals surface area contributed by atoms with E-state index in [1.165, 1.54) is 7.11 Å². The molecular weight excluding hydrogens is 318 g/mol. The van der Waals surface area contributed by atoms with Gasteiger partial charge in [-0.3, -0.25) is 0 Å². The number of aliphatic hydroxyl groups is 1. The van der Waals surface area contributed by atoms with Gasteiger partial charge in [-0.25, -0.2) is 8.78 Å². The Kier molecular flexibility index (Phi) is 4.17. The maximum atomic E-state index is 13.1. The highest BCUT2D eigenvalue weighted by atomic mass is 79.9. The molecule has 0 radical (unpaired) electrons. The average molecular weight is 329 g/mol. The molecule has 0 spiro atoms. The number of hydrogen-bond donors (Lipinski definition) is 1. The Balaban J connectivity index is 2.40. The second kappa shape index (κ2) is 5.67. The molecule has 0 aliphatic rings. The van der Waals surface area contributed by atoms with Crippen molar-refractivity contribution < 1.29 is 18.6 Å². The van der Waals surface area contributed by atoms with Gasteiger partial charge < -0.3 is 9.84 Å². The van der Waals surface area contributed by atoms with Crippen LogP contribution in [0.5, 0.6) is 5.75 Å². The van der Waals surface area contributed by atoms with E-state index in [9.17, 15) is 13.9 Å². The summed E-state index contributed by atoms with van der Waals surface area (Å²) in [4.78, 5) is 0. The molecule has 2 aromatic carbocycles. The molecule has 0 aliphatic heterocycles. The Labute approximate surface area is 117 Å². The van der Waals surface area contributed by atoms with Gasteiger partial charge in [0.05, 0.1) is 7.11 Å². The molecule has 2 aromatic rings. The zero-order valence-electron chi connectivity index (χ0n) is 10.0. The van der Waals surface area contributed by atoms with Crippen molar-refractivity contribution in [2.75, 3.05) is 7.11 Å². The van der Waals surface area contributed by atoms with Crippen molar-refractivity contribution in [1.82, 2.24) is 0 Å². The zero-order chi connectivity index (χ0) is 14.0. The van der Waals surface area contributed by atoms with Crippen molar-refractivity contribution in [2.45, 2.75) is 6.10 Å². The lowest BCUT2D eigenvalue weighted by Gasteiger charge is -2.14. The molecule has 2 rings (SSSR count). The van der Waals surface area contributed by atoms with Gasteiger partial charge in [-0.15, -0.1) is 0 Å². The maximum Gasteiger partial charge on any atom is 0.126 e. The second-order valence-electron chi connectivity index (χ2n) is 3.99. The van der Waals surface area contributed by atoms with Gasteiger partial charge in [0.25, 0.3) is 0 Å². The summed E-state index contributed by atoms with van der Waals surface area (Å²) in [6, 6.07) is 7.94. The number of aliphatic hydroxyl groups excluding tert-OH is 1. The van der Waals surface area contributed by atoms with E-state index in [0.29, 0.717) is 15.8 Å². The predicted molar refractivity (Wildman–Crippen MR) is 71.1 cm³/mol. The minimum absolute atomic E-state index is 0.156. The van der Waals surface area contributed by atoms with Crippen molar-refractivity contribution in [2.24, 2.45) is 0 Å². The summed E-state index contributed by atoms with van der Waals surface area (Å²) in [5.74, 6) is -0.828. The molecule has 19 heavy (non-hydrogen) atoms. The SMILES string of the molecule is COc1ccc(C(O)c2cc(F)cc(F)c2)c(Br)c1. The molecule has 0 bridgehead atoms. The number of rotatable bonds is 3. The van der Waals surface area contributed by atoms with Crippen LogP contribution in [0.3, 0.4) is 0 Å². The van der Waals surface area contributed by atoms with Crippen LogP contribution in [0.4, 0.5) is 8.78 Å². The maximum absolute atomic E-state index is 13.1. The third kappa shape index (κ3) is 3.11. The van der Waals surface area contributed by atoms with E-state index >= 15 is 0 Å². The monoisotopic (exact) mass is 328 g/mol. The summed E-state index contributed by atoms with van der Waals surface area (Å²) < 4.78 is 31.9. The lowest BCUT2D eigenvalue weighted by Crippen LogP contribution is -2.02. The number of benzene rings is 2. The molecular formula is C14H11BrF2O2. The molecule has 0 aliphatic carbocycles. The quantitative estimate of drug-likeness (QED) is 0.928. The van der Waals surface area contributed by atoms with Gasteiger partial charge in [-0.2, -0.15) is 0 Å². The first-order chi connectivity index (χ1) is 9.01. The molecule has 2 nitrogen and oxygen atoms in total. The minimum Gasteiger partial charge on any atom is -0.497 e. The van der Waals surface area contributed by atoms with E-state index in [1.807, 2.05) is 0 Å². The van der Waals surface area contributed by atoms with Gasteiger partial charge in [0.2, 0.25) is 0 Å². The summed E-state index contributed by atoms with van der Waals surface area (Å²) in [7, 11) is 1.53. The van der Waals surface area contributed by atoms with Gasteiger partial charge in [0.1, 0.15) is 23.5 Å². The lowest BCUT2D eigenvalue weighted by atomic mass is 10.0. The summed E-state index contributed by atoms with van der Waals surface area (Å²) in [6.45, 7) is 0. The van der Waals surface area contributed by atoms with Crippen LogP contribution < -0.4 is 4.74 Å². The Hall–Kier alpha value is -1.46. The van der Waals surface area contributed by atoms with E-state index in [2.05, 4.69) is 15.9 Å². The third-order valence-electron chi connectivity index (χ3n) is 2.70. The highest BCUT2D eigenvalue weighted by Gasteiger charge is 2.16. The van der Waals surface area contributed by atoms with Gasteiger partial charge in [-0.1, -0.05) is 22.0 Å². The van der Waals surface area contributed by atoms with E-state index in [4.69, 9.17) is 4.74 Å². The molecule has 5 heteroatoms. The fraction of sp³-hybridized carbons (Fsp3) is 0.143. The Morgan fingerprint density at radius 2 is 1.74 bits per heavy atom. The van der Waals surface area contributed by atoms with Crippen molar-refractivity contribution >= 4 is 15.9 Å². The molecule has 0 fully saturated rings. The van der Waals surface area contributed by atoms with Crippen LogP contribution in [-0.4, -0.2) is 12.2 Å². The van der Waals surface area contributed by atoms with E-state index in [-0.39, 0.29) is 5.56 Å². The van der Waals surface area contributed by atoms with E-state index < -0.39 is 17.7 Å². The molecule has 1 unspecified atom stereocenters. The largest absolute Gasteiger partial charge is 0.497 e. The summed E-state index contributed by atoms with van der Waals surface area (Å²) in [5, 5.41) is 10.2. The average Bonchev–Trinajstić information content (AvgIpc) is 2.36. The lowest BCUT2D eigenvalue weighted by molar-refractivity contribution is 0.218. The standard InChI is InChI=1S/C14H11BrF2O2/c1-19-11-2-3-12(13(15)7-11)14(18)8-4-9(16)6-10(17)5-8/h2-7,14,18H,1H3. The fourth-order valence-electron chi connectivity index (χ4n) is 1.77. The predicted octanol–water partition coefficient (Wildman–Crippen LogP) is 3.82. The number of hydrogen-bond acceptors (Lipinski definition) is 2. The van der Waals surface area contributed by atoms with Crippen molar-refractivity contribution in [3.63, 3.8) is 0 Å². The summed E-state index contributed by atoms with van der Waals surface area (Å²) in [6.07, 6.45) is -1.12. The smallest absolute Gasteiger partial charge is 0.126 e. The van der Waals surface area contributed by atoms with Crippen LogP contribution in [0.25, 0.3) is 0 Å². The highest BCUT2D eigenvalue weighted by Crippen LogP contribution is 2.31. The summed E-state index contributed by atoms with van der Waals surface area (Å²) >= 11 is 3.30. The normalized spacial score (nSPS) is 12.3. The molecule has 0 heterocycles. The Morgan fingerprint density at radius 1 is 1.11 bits per heavy atom. The number of methoxy groups -OCH3 is 1. The molecule has 1 atom stereocenters. The van der Waals surface area contributed by atoms with Crippen LogP contribution >= 0.6 is 15.9 Å². The third-order valence-corrected chi connectivity index (χ3v) is 3.39. The van der Waals surface area contributed by atoms with E-state index in [0.717, 1.165) is 18.2 Å². The van der Waals surface area contributed by atoms with Gasteiger partial charge in [-0.05, 0) is 35.4 Å². The van der Waals surface area contributed by atoms with Crippen LogP contribution in [0.15, 0.2) is 40.9 Å². The van der Waals surface area contributed by atoms with E-state index in [1.54, 1.807) is 18.2 Å². The van der Waals surface area contributed by atoms with Crippen molar-refractivity contribution in [1.29, 1.82) is 0 Å². The molecule has 100 valence electrons. The van der Waals surface area contributed by atoms with Crippen LogP contribution in [0.1, 0.15) is 17.2 Å². The second-order valence-corrected chi connectivity index (χ2v) is 4.85. The number of ether oxygens (including phenoxy) is 1. The summed E-state index contributed by atoms with van der Waals surface area (Å²) in [5.41, 5.74) is 0.661. The van der Waals surface area contributed by atoms with Crippen LogP contribution in [0, 0.1) is 11.6 Å². The van der Waals surface area contributed by atoms with Gasteiger partial charge in [0.15, 0.2) is 0 Å². The molecule has 0 aromatic heterocycles. The topological polar surface area (TPSA) is 29.5 Å². The fourth-order valence-corrected chi connectivity index (χ4v) is 2.34. The molecule has 0 saturated heterocycles. The van der Waals surface area contributed by atoms with Crippen LogP contribution in [-0.2, 0) is 0 Å². The van der Waals surface area contributed by atoms with Crippen molar-refractivity contribution in [3.05, 3.63) is 63.6 Å². The molecule has 0 saturated carbocycles. The number of halogens is 3. The van der Waals surface area contributed by atoms with Crippen molar-refractivity contribution in [3.8, 4) is 5.75 Å². The molecule has 1 N–H and O–H groups in total. The Morgan fingerprint density at radius 3 is 2.26 bits per heavy atom. The zero-order valence-corrected chi connectivity index (χ0v) is 11.6. The van der Waals surface area contributed by atoms with Gasteiger partial charge in [0, 0.05) is 10.5 Å². The first-order valence-electron chi connectivity index (χ1n) is 5.48. The Bertz CT molecular complexity index is 582. The first-order valence-corrected chi connectivity index (χ1v) is 6.28. The van der Waals surface area contributed by atoms with Crippen LogP contribution in [0.2, 0.25) is 0 Å². The minimum atomic E-state index is -1.12. The first kappa shape index (κ1) is 14.0. The van der Waals surface area contributed by atoms with Gasteiger partial charge >= 0.3 is 0 Å². The highest BCUT2D eigenvalue weighted by molar-refractivity contribution is 9.10.